The molecule has 4 rings (SSSR count). The number of esters is 1. The molecule has 8 nitrogen and oxygen atoms in total. The molecule has 3 aromatic rings. The van der Waals surface area contributed by atoms with Crippen LogP contribution in [0.1, 0.15) is 85.2 Å². The van der Waals surface area contributed by atoms with Gasteiger partial charge in [0.25, 0.3) is 0 Å². The molecule has 1 amide bonds. The van der Waals surface area contributed by atoms with E-state index in [9.17, 15) is 9.59 Å². The first-order chi connectivity index (χ1) is 19.2. The Morgan fingerprint density at radius 1 is 1.25 bits per heavy atom. The number of benzene rings is 1. The number of hydrogen-bond donors (Lipinski definition) is 1. The molecular weight excluding hydrogens is 544 g/mol. The summed E-state index contributed by atoms with van der Waals surface area (Å²) in [6.07, 6.45) is 4.16. The summed E-state index contributed by atoms with van der Waals surface area (Å²) in [4.78, 5) is 27.0. The number of rotatable bonds is 12. The van der Waals surface area contributed by atoms with Gasteiger partial charge in [-0.25, -0.2) is 4.79 Å². The molecule has 2 heterocycles. The molecule has 2 atom stereocenters. The number of anilines is 1. The number of allylic oxidation sites excluding steroid dienone is 1. The average Bonchev–Trinajstić information content (AvgIpc) is 3.48. The standard InChI is InChI=1S/C30H38N4O4S2/c1-7-15-34-27(20(6)38-22-12-10-21(11-13-22)18(3)4)32-33-30(34)39-17-25(35)31-28-26(29(36)37-8-2)23-14-9-19(5)16-24(23)40-28/h7,10-13,18-20H,1,8-9,14-17H2,2-6H3,(H,31,35). The normalized spacial score (nSPS) is 15.4. The first-order valence-corrected chi connectivity index (χ1v) is 15.6. The van der Waals surface area contributed by atoms with Gasteiger partial charge in [-0.1, -0.05) is 50.7 Å². The molecule has 0 aliphatic heterocycles. The highest BCUT2D eigenvalue weighted by Gasteiger charge is 2.29. The van der Waals surface area contributed by atoms with E-state index in [1.807, 2.05) is 23.6 Å². The van der Waals surface area contributed by atoms with Gasteiger partial charge in [0.15, 0.2) is 17.1 Å². The third-order valence-corrected chi connectivity index (χ3v) is 8.99. The summed E-state index contributed by atoms with van der Waals surface area (Å²) in [6, 6.07) is 8.07. The SMILES string of the molecule is C=CCn1c(SCC(=O)Nc2sc3c(c2C(=O)OCC)CCC(C)C3)nnc1C(C)Oc1ccc(C(C)C)cc1. The predicted octanol–water partition coefficient (Wildman–Crippen LogP) is 6.82. The minimum absolute atomic E-state index is 0.114. The maximum Gasteiger partial charge on any atom is 0.341 e. The predicted molar refractivity (Wildman–Crippen MR) is 161 cm³/mol. The van der Waals surface area contributed by atoms with Crippen LogP contribution < -0.4 is 10.1 Å². The minimum Gasteiger partial charge on any atom is -0.483 e. The van der Waals surface area contributed by atoms with E-state index in [4.69, 9.17) is 9.47 Å². The van der Waals surface area contributed by atoms with Crippen molar-refractivity contribution >= 4 is 40.0 Å². The number of ether oxygens (including phenoxy) is 2. The number of fused-ring (bicyclic) bond motifs is 1. The minimum atomic E-state index is -0.374. The number of thioether (sulfide) groups is 1. The number of carbonyl (C=O) groups excluding carboxylic acids is 2. The molecule has 2 unspecified atom stereocenters. The Balaban J connectivity index is 1.45. The Kier molecular flexibility index (Phi) is 10.1. The van der Waals surface area contributed by atoms with Gasteiger partial charge in [-0.2, -0.15) is 0 Å². The Morgan fingerprint density at radius 3 is 2.67 bits per heavy atom. The maximum absolute atomic E-state index is 13.0. The second kappa shape index (κ2) is 13.5. The first-order valence-electron chi connectivity index (χ1n) is 13.8. The Labute approximate surface area is 244 Å². The van der Waals surface area contributed by atoms with Crippen molar-refractivity contribution in [1.29, 1.82) is 0 Å². The molecule has 0 radical (unpaired) electrons. The molecule has 1 aliphatic rings. The number of nitrogens with zero attached hydrogens (tertiary/aromatic N) is 3. The molecule has 1 N–H and O–H groups in total. The van der Waals surface area contributed by atoms with Gasteiger partial charge in [-0.3, -0.25) is 9.36 Å². The van der Waals surface area contributed by atoms with Crippen LogP contribution in [-0.4, -0.2) is 39.0 Å². The second-order valence-electron chi connectivity index (χ2n) is 10.3. The lowest BCUT2D eigenvalue weighted by molar-refractivity contribution is -0.113. The van der Waals surface area contributed by atoms with Gasteiger partial charge in [0, 0.05) is 11.4 Å². The fraction of sp³-hybridized carbons (Fsp3) is 0.467. The van der Waals surface area contributed by atoms with Gasteiger partial charge in [0.1, 0.15) is 10.8 Å². The lowest BCUT2D eigenvalue weighted by Gasteiger charge is -2.18. The molecule has 10 heteroatoms. The highest BCUT2D eigenvalue weighted by atomic mass is 32.2. The highest BCUT2D eigenvalue weighted by molar-refractivity contribution is 7.99. The Bertz CT molecular complexity index is 1350. The van der Waals surface area contributed by atoms with Gasteiger partial charge in [0.05, 0.1) is 17.9 Å². The fourth-order valence-corrected chi connectivity index (χ4v) is 6.92. The van der Waals surface area contributed by atoms with Crippen molar-refractivity contribution in [1.82, 2.24) is 14.8 Å². The maximum atomic E-state index is 13.0. The van der Waals surface area contributed by atoms with Crippen LogP contribution in [0.15, 0.2) is 42.1 Å². The summed E-state index contributed by atoms with van der Waals surface area (Å²) in [6.45, 7) is 14.9. The lowest BCUT2D eigenvalue weighted by atomic mass is 9.88. The highest BCUT2D eigenvalue weighted by Crippen LogP contribution is 2.40. The van der Waals surface area contributed by atoms with Crippen molar-refractivity contribution in [3.05, 3.63) is 64.3 Å². The molecule has 40 heavy (non-hydrogen) atoms. The Hall–Kier alpha value is -3.11. The number of thiophene rings is 1. The molecule has 1 aliphatic carbocycles. The monoisotopic (exact) mass is 582 g/mol. The van der Waals surface area contributed by atoms with E-state index in [0.29, 0.717) is 39.9 Å². The molecular formula is C30H38N4O4S2. The van der Waals surface area contributed by atoms with E-state index in [-0.39, 0.29) is 30.3 Å². The van der Waals surface area contributed by atoms with Gasteiger partial charge >= 0.3 is 5.97 Å². The van der Waals surface area contributed by atoms with Crippen LogP contribution in [-0.2, 0) is 28.9 Å². The number of carbonyl (C=O) groups is 2. The van der Waals surface area contributed by atoms with E-state index < -0.39 is 0 Å². The number of hydrogen-bond acceptors (Lipinski definition) is 8. The van der Waals surface area contributed by atoms with Crippen molar-refractivity contribution < 1.29 is 19.1 Å². The molecule has 0 saturated carbocycles. The van der Waals surface area contributed by atoms with Crippen LogP contribution in [0.5, 0.6) is 5.75 Å². The molecule has 0 spiro atoms. The van der Waals surface area contributed by atoms with Crippen molar-refractivity contribution in [2.45, 2.75) is 77.6 Å². The number of aromatic nitrogens is 3. The van der Waals surface area contributed by atoms with Crippen LogP contribution in [0.25, 0.3) is 0 Å². The average molecular weight is 583 g/mol. The molecule has 0 fully saturated rings. The zero-order valence-electron chi connectivity index (χ0n) is 23.9. The van der Waals surface area contributed by atoms with E-state index in [0.717, 1.165) is 35.5 Å². The van der Waals surface area contributed by atoms with Gasteiger partial charge in [0.2, 0.25) is 5.91 Å². The summed E-state index contributed by atoms with van der Waals surface area (Å²) >= 11 is 2.77. The zero-order chi connectivity index (χ0) is 28.8. The Morgan fingerprint density at radius 2 is 2.00 bits per heavy atom. The third-order valence-electron chi connectivity index (χ3n) is 6.86. The van der Waals surface area contributed by atoms with E-state index in [2.05, 4.69) is 55.0 Å². The van der Waals surface area contributed by atoms with Gasteiger partial charge in [-0.05, 0) is 68.2 Å². The molecule has 1 aromatic carbocycles. The summed E-state index contributed by atoms with van der Waals surface area (Å²) < 4.78 is 13.4. The van der Waals surface area contributed by atoms with Crippen molar-refractivity contribution in [3.8, 4) is 5.75 Å². The quantitative estimate of drug-likeness (QED) is 0.142. The number of amides is 1. The molecule has 214 valence electrons. The first kappa shape index (κ1) is 29.9. The third kappa shape index (κ3) is 6.96. The largest absolute Gasteiger partial charge is 0.483 e. The molecule has 0 saturated heterocycles. The zero-order valence-corrected chi connectivity index (χ0v) is 25.5. The second-order valence-corrected chi connectivity index (χ2v) is 12.4. The summed E-state index contributed by atoms with van der Waals surface area (Å²) in [7, 11) is 0. The molecule has 0 bridgehead atoms. The van der Waals surface area contributed by atoms with Crippen molar-refractivity contribution in [3.63, 3.8) is 0 Å². The van der Waals surface area contributed by atoms with Crippen LogP contribution >= 0.6 is 23.1 Å². The van der Waals surface area contributed by atoms with E-state index in [1.165, 1.54) is 28.7 Å². The van der Waals surface area contributed by atoms with Gasteiger partial charge in [-0.15, -0.1) is 28.1 Å². The summed E-state index contributed by atoms with van der Waals surface area (Å²) in [5, 5.41) is 12.9. The number of nitrogens with one attached hydrogen (secondary N) is 1. The van der Waals surface area contributed by atoms with Crippen LogP contribution in [0.3, 0.4) is 0 Å². The summed E-state index contributed by atoms with van der Waals surface area (Å²) in [5.74, 6) is 1.93. The van der Waals surface area contributed by atoms with E-state index in [1.54, 1.807) is 13.0 Å². The molecule has 2 aromatic heterocycles. The van der Waals surface area contributed by atoms with Crippen molar-refractivity contribution in [2.75, 3.05) is 17.7 Å². The fourth-order valence-electron chi connectivity index (χ4n) is 4.75. The van der Waals surface area contributed by atoms with Crippen LogP contribution in [0.2, 0.25) is 0 Å². The van der Waals surface area contributed by atoms with Gasteiger partial charge < -0.3 is 14.8 Å². The van der Waals surface area contributed by atoms with E-state index >= 15 is 0 Å². The lowest BCUT2D eigenvalue weighted by Crippen LogP contribution is -2.18. The van der Waals surface area contributed by atoms with Crippen LogP contribution in [0.4, 0.5) is 5.00 Å². The summed E-state index contributed by atoms with van der Waals surface area (Å²) in [5.41, 5.74) is 2.78. The smallest absolute Gasteiger partial charge is 0.341 e. The van der Waals surface area contributed by atoms with Crippen LogP contribution in [0, 0.1) is 5.92 Å². The topological polar surface area (TPSA) is 95.3 Å². The van der Waals surface area contributed by atoms with Crippen molar-refractivity contribution in [2.24, 2.45) is 5.92 Å².